The Morgan fingerprint density at radius 1 is 1.19 bits per heavy atom. The van der Waals surface area contributed by atoms with Crippen molar-refractivity contribution in [3.8, 4) is 0 Å². The van der Waals surface area contributed by atoms with Crippen LogP contribution in [-0.2, 0) is 0 Å². The van der Waals surface area contributed by atoms with Gasteiger partial charge in [-0.1, -0.05) is 28.1 Å². The maximum atomic E-state index is 10.2. The summed E-state index contributed by atoms with van der Waals surface area (Å²) in [5.41, 5.74) is 2.18. The number of aliphatic hydroxyl groups excluding tert-OH is 1. The van der Waals surface area contributed by atoms with Gasteiger partial charge in [0.15, 0.2) is 0 Å². The van der Waals surface area contributed by atoms with Crippen molar-refractivity contribution in [2.24, 2.45) is 0 Å². The summed E-state index contributed by atoms with van der Waals surface area (Å²) in [4.78, 5) is 2.28. The van der Waals surface area contributed by atoms with Gasteiger partial charge in [-0.15, -0.1) is 11.3 Å². The monoisotopic (exact) mass is 296 g/mol. The highest BCUT2D eigenvalue weighted by atomic mass is 79.9. The lowest BCUT2D eigenvalue weighted by Gasteiger charge is -2.08. The van der Waals surface area contributed by atoms with Crippen LogP contribution in [-0.4, -0.2) is 5.11 Å². The lowest BCUT2D eigenvalue weighted by molar-refractivity contribution is 0.224. The normalized spacial score (nSPS) is 12.8. The molecule has 0 bridgehead atoms. The summed E-state index contributed by atoms with van der Waals surface area (Å²) in [6.45, 7) is 4.15. The Kier molecular flexibility index (Phi) is 3.47. The van der Waals surface area contributed by atoms with E-state index in [2.05, 4.69) is 35.8 Å². The molecule has 16 heavy (non-hydrogen) atoms. The smallest absolute Gasteiger partial charge is 0.113 e. The van der Waals surface area contributed by atoms with Crippen LogP contribution in [0.4, 0.5) is 0 Å². The number of aliphatic hydroxyl groups is 1. The summed E-state index contributed by atoms with van der Waals surface area (Å²) in [7, 11) is 0. The van der Waals surface area contributed by atoms with Crippen molar-refractivity contribution in [1.82, 2.24) is 0 Å². The maximum absolute atomic E-state index is 10.2. The molecule has 1 unspecified atom stereocenters. The van der Waals surface area contributed by atoms with Crippen LogP contribution in [0.15, 0.2) is 34.8 Å². The van der Waals surface area contributed by atoms with Gasteiger partial charge in [0, 0.05) is 14.2 Å². The molecule has 3 heteroatoms. The number of rotatable bonds is 2. The fourth-order valence-electron chi connectivity index (χ4n) is 1.55. The first-order valence-corrected chi connectivity index (χ1v) is 6.69. The Morgan fingerprint density at radius 3 is 2.31 bits per heavy atom. The van der Waals surface area contributed by atoms with Crippen molar-refractivity contribution in [3.63, 3.8) is 0 Å². The number of benzene rings is 1. The van der Waals surface area contributed by atoms with Gasteiger partial charge in [0.05, 0.1) is 0 Å². The van der Waals surface area contributed by atoms with Crippen LogP contribution in [0.5, 0.6) is 0 Å². The Labute approximate surface area is 108 Å². The fraction of sp³-hybridized carbons (Fsp3) is 0.231. The second-order valence-corrected chi connectivity index (χ2v) is 6.05. The van der Waals surface area contributed by atoms with Gasteiger partial charge in [0.2, 0.25) is 0 Å². The van der Waals surface area contributed by atoms with Crippen LogP contribution < -0.4 is 0 Å². The highest BCUT2D eigenvalue weighted by Crippen LogP contribution is 2.31. The van der Waals surface area contributed by atoms with Crippen molar-refractivity contribution in [3.05, 3.63) is 55.7 Å². The molecule has 0 aliphatic rings. The molecule has 1 aromatic heterocycles. The molecule has 1 N–H and O–H groups in total. The molecule has 0 fully saturated rings. The van der Waals surface area contributed by atoms with E-state index in [1.807, 2.05) is 24.3 Å². The number of hydrogen-bond acceptors (Lipinski definition) is 2. The third kappa shape index (κ3) is 2.37. The van der Waals surface area contributed by atoms with Gasteiger partial charge >= 0.3 is 0 Å². The first-order valence-electron chi connectivity index (χ1n) is 5.08. The molecule has 2 rings (SSSR count). The summed E-state index contributed by atoms with van der Waals surface area (Å²) >= 11 is 5.05. The van der Waals surface area contributed by atoms with Crippen molar-refractivity contribution >= 4 is 27.3 Å². The largest absolute Gasteiger partial charge is 0.383 e. The molecule has 2 aromatic rings. The van der Waals surface area contributed by atoms with E-state index < -0.39 is 6.10 Å². The molecule has 1 aromatic carbocycles. The summed E-state index contributed by atoms with van der Waals surface area (Å²) in [6, 6.07) is 9.85. The Bertz CT molecular complexity index is 468. The molecule has 0 saturated heterocycles. The number of hydrogen-bond donors (Lipinski definition) is 1. The molecule has 1 atom stereocenters. The predicted octanol–water partition coefficient (Wildman–Crippen LogP) is 4.21. The molecular weight excluding hydrogens is 284 g/mol. The predicted molar refractivity (Wildman–Crippen MR) is 72.0 cm³/mol. The van der Waals surface area contributed by atoms with Gasteiger partial charge < -0.3 is 5.11 Å². The molecular formula is C13H13BrOS. The molecule has 1 nitrogen and oxygen atoms in total. The van der Waals surface area contributed by atoms with E-state index in [1.54, 1.807) is 11.3 Å². The van der Waals surface area contributed by atoms with Crippen LogP contribution >= 0.6 is 27.3 Å². The number of halogens is 1. The van der Waals surface area contributed by atoms with Gasteiger partial charge in [-0.3, -0.25) is 0 Å². The van der Waals surface area contributed by atoms with Crippen LogP contribution in [0, 0.1) is 13.8 Å². The van der Waals surface area contributed by atoms with Crippen LogP contribution in [0.25, 0.3) is 0 Å². The highest BCUT2D eigenvalue weighted by Gasteiger charge is 2.13. The van der Waals surface area contributed by atoms with E-state index >= 15 is 0 Å². The number of aryl methyl sites for hydroxylation is 2. The first kappa shape index (κ1) is 11.8. The quantitative estimate of drug-likeness (QED) is 0.880. The Hall–Kier alpha value is -0.640. The van der Waals surface area contributed by atoms with Crippen molar-refractivity contribution in [1.29, 1.82) is 0 Å². The lowest BCUT2D eigenvalue weighted by Crippen LogP contribution is -1.96. The van der Waals surface area contributed by atoms with Crippen LogP contribution in [0.2, 0.25) is 0 Å². The van der Waals surface area contributed by atoms with Crippen LogP contribution in [0.3, 0.4) is 0 Å². The summed E-state index contributed by atoms with van der Waals surface area (Å²) in [5.74, 6) is 0. The van der Waals surface area contributed by atoms with Gasteiger partial charge in [0.25, 0.3) is 0 Å². The third-order valence-corrected chi connectivity index (χ3v) is 4.37. The molecule has 0 aliphatic carbocycles. The van der Waals surface area contributed by atoms with Gasteiger partial charge in [0.1, 0.15) is 6.10 Å². The summed E-state index contributed by atoms with van der Waals surface area (Å²) in [6.07, 6.45) is -0.509. The zero-order valence-electron chi connectivity index (χ0n) is 9.20. The molecule has 0 radical (unpaired) electrons. The zero-order valence-corrected chi connectivity index (χ0v) is 11.6. The molecule has 0 aliphatic heterocycles. The van der Waals surface area contributed by atoms with E-state index in [1.165, 1.54) is 10.4 Å². The maximum Gasteiger partial charge on any atom is 0.113 e. The SMILES string of the molecule is Cc1cc(C(O)c2ccc(Br)cc2)sc1C. The second-order valence-electron chi connectivity index (χ2n) is 3.84. The highest BCUT2D eigenvalue weighted by molar-refractivity contribution is 9.10. The van der Waals surface area contributed by atoms with E-state index in [4.69, 9.17) is 0 Å². The third-order valence-electron chi connectivity index (χ3n) is 2.64. The van der Waals surface area contributed by atoms with E-state index in [-0.39, 0.29) is 0 Å². The van der Waals surface area contributed by atoms with Crippen molar-refractivity contribution in [2.45, 2.75) is 20.0 Å². The molecule has 0 saturated carbocycles. The fourth-order valence-corrected chi connectivity index (χ4v) is 2.87. The molecule has 1 heterocycles. The standard InChI is InChI=1S/C13H13BrOS/c1-8-7-12(16-9(8)2)13(15)10-3-5-11(14)6-4-10/h3-7,13,15H,1-2H3. The van der Waals surface area contributed by atoms with Crippen LogP contribution in [0.1, 0.15) is 27.0 Å². The van der Waals surface area contributed by atoms with Gasteiger partial charge in [-0.25, -0.2) is 0 Å². The Morgan fingerprint density at radius 2 is 1.81 bits per heavy atom. The van der Waals surface area contributed by atoms with E-state index in [0.717, 1.165) is 14.9 Å². The van der Waals surface area contributed by atoms with E-state index in [0.29, 0.717) is 0 Å². The van der Waals surface area contributed by atoms with E-state index in [9.17, 15) is 5.11 Å². The van der Waals surface area contributed by atoms with Crippen molar-refractivity contribution < 1.29 is 5.11 Å². The number of thiophene rings is 1. The summed E-state index contributed by atoms with van der Waals surface area (Å²) < 4.78 is 1.03. The lowest BCUT2D eigenvalue weighted by atomic mass is 10.1. The topological polar surface area (TPSA) is 20.2 Å². The van der Waals surface area contributed by atoms with Gasteiger partial charge in [-0.05, 0) is 43.2 Å². The average molecular weight is 297 g/mol. The first-order chi connectivity index (χ1) is 7.58. The molecule has 0 spiro atoms. The minimum Gasteiger partial charge on any atom is -0.383 e. The van der Waals surface area contributed by atoms with Crippen molar-refractivity contribution in [2.75, 3.05) is 0 Å². The zero-order chi connectivity index (χ0) is 11.7. The minimum absolute atomic E-state index is 0.509. The molecule has 84 valence electrons. The average Bonchev–Trinajstić information content (AvgIpc) is 2.59. The second kappa shape index (κ2) is 4.70. The summed E-state index contributed by atoms with van der Waals surface area (Å²) in [5, 5.41) is 10.2. The van der Waals surface area contributed by atoms with Gasteiger partial charge in [-0.2, -0.15) is 0 Å². The Balaban J connectivity index is 2.31. The molecule has 0 amide bonds. The minimum atomic E-state index is -0.509.